The van der Waals surface area contributed by atoms with Gasteiger partial charge in [-0.05, 0) is 0 Å². The first kappa shape index (κ1) is 15.8. The molecule has 1 heterocycles. The predicted molar refractivity (Wildman–Crippen MR) is 58.7 cm³/mol. The topological polar surface area (TPSA) is 25.9 Å². The first-order valence-electron chi connectivity index (χ1n) is 3.87. The van der Waals surface area contributed by atoms with Gasteiger partial charge in [0, 0.05) is 0 Å². The number of allylic oxidation sites excluding steroid dienone is 2. The normalized spacial score (nSPS) is 7.64. The Morgan fingerprint density at radius 2 is 2.00 bits per heavy atom. The molecular formula is C9H14AlClN2O+. The van der Waals surface area contributed by atoms with Crippen molar-refractivity contribution in [3.8, 4) is 0 Å². The number of nitrogens with zero attached hydrogens (tertiary/aromatic N) is 2. The Kier molecular flexibility index (Phi) is 11.7. The molecule has 0 unspecified atom stereocenters. The van der Waals surface area contributed by atoms with Gasteiger partial charge in [0.25, 0.3) is 0 Å². The molecule has 0 bridgehead atoms. The molecule has 75 valence electrons. The quantitative estimate of drug-likeness (QED) is 0.430. The molecule has 0 aliphatic heterocycles. The summed E-state index contributed by atoms with van der Waals surface area (Å²) in [6.45, 7) is 9.05. The second-order valence-corrected chi connectivity index (χ2v) is 2.38. The molecular weight excluding hydrogens is 215 g/mol. The summed E-state index contributed by atoms with van der Waals surface area (Å²) >= 11 is 1.17. The molecule has 14 heavy (non-hydrogen) atoms. The molecule has 0 saturated heterocycles. The monoisotopic (exact) mass is 228 g/mol. The first-order valence-corrected chi connectivity index (χ1v) is 4.34. The Balaban J connectivity index is 0. The van der Waals surface area contributed by atoms with Crippen molar-refractivity contribution in [1.82, 2.24) is 4.57 Å². The van der Waals surface area contributed by atoms with E-state index in [4.69, 9.17) is 3.80 Å². The maximum absolute atomic E-state index is 8.17. The third kappa shape index (κ3) is 5.87. The van der Waals surface area contributed by atoms with Crippen molar-refractivity contribution in [2.24, 2.45) is 0 Å². The van der Waals surface area contributed by atoms with E-state index in [1.54, 1.807) is 0 Å². The van der Waals surface area contributed by atoms with E-state index in [1.165, 1.54) is 16.2 Å². The van der Waals surface area contributed by atoms with Crippen LogP contribution in [-0.2, 0) is 16.9 Å². The summed E-state index contributed by atoms with van der Waals surface area (Å²) in [6.07, 6.45) is 9.82. The zero-order chi connectivity index (χ0) is 10.1. The molecule has 0 aromatic carbocycles. The molecule has 0 fully saturated rings. The van der Waals surface area contributed by atoms with Crippen LogP contribution in [0.3, 0.4) is 0 Å². The summed E-state index contributed by atoms with van der Waals surface area (Å²) in [5, 5.41) is 0. The number of imidazole rings is 1. The van der Waals surface area contributed by atoms with E-state index in [0.29, 0.717) is 0 Å². The molecule has 0 aliphatic rings. The second-order valence-electron chi connectivity index (χ2n) is 2.38. The van der Waals surface area contributed by atoms with Crippen LogP contribution in [-0.4, -0.2) is 20.8 Å². The predicted octanol–water partition coefficient (Wildman–Crippen LogP) is 1.07. The van der Waals surface area contributed by atoms with E-state index in [2.05, 4.69) is 22.3 Å². The Morgan fingerprint density at radius 3 is 2.50 bits per heavy atom. The molecule has 3 nitrogen and oxygen atoms in total. The molecule has 0 amide bonds. The molecule has 0 N–H and O–H groups in total. The summed E-state index contributed by atoms with van der Waals surface area (Å²) in [5.74, 6) is 0. The number of aromatic nitrogens is 2. The van der Waals surface area contributed by atoms with Crippen LogP contribution in [0.5, 0.6) is 0 Å². The number of hydrogen-bond acceptors (Lipinski definition) is 1. The fourth-order valence-electron chi connectivity index (χ4n) is 0.953. The van der Waals surface area contributed by atoms with Crippen LogP contribution < -0.4 is 4.57 Å². The molecule has 1 aromatic rings. The van der Waals surface area contributed by atoms with Gasteiger partial charge in [-0.1, -0.05) is 25.3 Å². The van der Waals surface area contributed by atoms with Gasteiger partial charge in [0.15, 0.2) is 0 Å². The molecule has 0 atom stereocenters. The minimum atomic E-state index is 0. The van der Waals surface area contributed by atoms with Crippen molar-refractivity contribution < 1.29 is 8.37 Å². The van der Waals surface area contributed by atoms with Crippen molar-refractivity contribution in [1.29, 1.82) is 0 Å². The van der Waals surface area contributed by atoms with E-state index >= 15 is 0 Å². The van der Waals surface area contributed by atoms with E-state index in [9.17, 15) is 0 Å². The molecule has 1 rings (SSSR count). The minimum absolute atomic E-state index is 0. The fraction of sp³-hybridized carbons (Fsp3) is 0.222. The Morgan fingerprint density at radius 1 is 1.36 bits per heavy atom. The van der Waals surface area contributed by atoms with Crippen molar-refractivity contribution in [2.75, 3.05) is 0 Å². The van der Waals surface area contributed by atoms with Gasteiger partial charge in [0.05, 0.1) is 0 Å². The van der Waals surface area contributed by atoms with Gasteiger partial charge in [-0.3, -0.25) is 0 Å². The van der Waals surface area contributed by atoms with Gasteiger partial charge in [-0.15, -0.1) is 12.4 Å². The van der Waals surface area contributed by atoms with Crippen molar-refractivity contribution >= 4 is 28.6 Å². The van der Waals surface area contributed by atoms with Crippen molar-refractivity contribution in [3.05, 3.63) is 44.0 Å². The van der Waals surface area contributed by atoms with Gasteiger partial charge < -0.3 is 0 Å². The summed E-state index contributed by atoms with van der Waals surface area (Å²) in [4.78, 5) is 0. The summed E-state index contributed by atoms with van der Waals surface area (Å²) < 4.78 is 12.3. The van der Waals surface area contributed by atoms with Crippen LogP contribution in [0.25, 0.3) is 0 Å². The molecule has 0 saturated carbocycles. The van der Waals surface area contributed by atoms with Crippen LogP contribution in [0.2, 0.25) is 0 Å². The second kappa shape index (κ2) is 10.4. The van der Waals surface area contributed by atoms with Crippen molar-refractivity contribution in [3.63, 3.8) is 0 Å². The molecule has 1 radical (unpaired) electrons. The van der Waals surface area contributed by atoms with Gasteiger partial charge >= 0.3 is 20.0 Å². The third-order valence-electron chi connectivity index (χ3n) is 1.43. The van der Waals surface area contributed by atoms with Gasteiger partial charge in [0.1, 0.15) is 25.5 Å². The standard InChI is InChI=1S/C9H13N2.Al.ClH.O/c1-3-5-10-7-8-11(9-10)6-4-2;;;/h3-4,7-9H,1-2,5-6H2;;1H;/q+1;;;. The summed E-state index contributed by atoms with van der Waals surface area (Å²) in [7, 11) is 0. The molecule has 0 aliphatic carbocycles. The third-order valence-corrected chi connectivity index (χ3v) is 1.43. The van der Waals surface area contributed by atoms with Gasteiger partial charge in [-0.25, -0.2) is 9.13 Å². The average molecular weight is 229 g/mol. The van der Waals surface area contributed by atoms with E-state index < -0.39 is 0 Å². The SMILES string of the molecule is C=CCn1cc[n+](CC=C)c1.Cl.[O]=[Al]. The van der Waals surface area contributed by atoms with Crippen LogP contribution >= 0.6 is 12.4 Å². The van der Waals surface area contributed by atoms with Crippen LogP contribution in [0.15, 0.2) is 44.0 Å². The zero-order valence-corrected chi connectivity index (χ0v) is 9.97. The van der Waals surface area contributed by atoms with E-state index in [0.717, 1.165) is 13.1 Å². The first-order chi connectivity index (χ1) is 6.36. The number of rotatable bonds is 4. The molecule has 5 heteroatoms. The van der Waals surface area contributed by atoms with Crippen molar-refractivity contribution in [2.45, 2.75) is 13.1 Å². The zero-order valence-electron chi connectivity index (χ0n) is 8.00. The number of hydrogen-bond donors (Lipinski definition) is 0. The Hall–Kier alpha value is -0.688. The molecule has 1 aromatic heterocycles. The summed E-state index contributed by atoms with van der Waals surface area (Å²) in [6, 6.07) is 0. The van der Waals surface area contributed by atoms with Crippen LogP contribution in [0.4, 0.5) is 0 Å². The van der Waals surface area contributed by atoms with Gasteiger partial charge in [-0.2, -0.15) is 0 Å². The Labute approximate surface area is 98.8 Å². The summed E-state index contributed by atoms with van der Waals surface area (Å²) in [5.41, 5.74) is 0. The molecule has 0 spiro atoms. The average Bonchev–Trinajstić information content (AvgIpc) is 2.58. The number of halogens is 1. The van der Waals surface area contributed by atoms with Crippen LogP contribution in [0.1, 0.15) is 0 Å². The maximum atomic E-state index is 8.17. The van der Waals surface area contributed by atoms with Gasteiger partial charge in [0.2, 0.25) is 6.33 Å². The van der Waals surface area contributed by atoms with E-state index in [1.807, 2.05) is 30.9 Å². The van der Waals surface area contributed by atoms with Crippen LogP contribution in [0, 0.1) is 0 Å². The Bertz CT molecular complexity index is 251. The van der Waals surface area contributed by atoms with E-state index in [-0.39, 0.29) is 12.4 Å². The fourth-order valence-corrected chi connectivity index (χ4v) is 0.953.